The minimum absolute atomic E-state index is 0.115. The summed E-state index contributed by atoms with van der Waals surface area (Å²) in [7, 11) is 0. The van der Waals surface area contributed by atoms with Crippen molar-refractivity contribution in [3.63, 3.8) is 0 Å². The number of hydrogen-bond donors (Lipinski definition) is 1. The van der Waals surface area contributed by atoms with Crippen LogP contribution in [0.2, 0.25) is 0 Å². The lowest BCUT2D eigenvalue weighted by Crippen LogP contribution is -1.98. The maximum Gasteiger partial charge on any atom is 0.283 e. The second kappa shape index (κ2) is 6.20. The summed E-state index contributed by atoms with van der Waals surface area (Å²) < 4.78 is 0. The number of thioether (sulfide) groups is 1. The van der Waals surface area contributed by atoms with Crippen LogP contribution in [0.5, 0.6) is 0 Å². The molecule has 0 saturated heterocycles. The topological polar surface area (TPSA) is 63.4 Å². The third-order valence-electron chi connectivity index (χ3n) is 3.35. The summed E-state index contributed by atoms with van der Waals surface area (Å²) in [5, 5.41) is 20.0. The van der Waals surface area contributed by atoms with Gasteiger partial charge in [0.05, 0.1) is 16.4 Å². The highest BCUT2D eigenvalue weighted by Crippen LogP contribution is 2.35. The number of rotatable bonds is 5. The van der Waals surface area contributed by atoms with Gasteiger partial charge in [0.2, 0.25) is 0 Å². The Morgan fingerprint density at radius 3 is 2.72 bits per heavy atom. The van der Waals surface area contributed by atoms with Crippen molar-refractivity contribution in [2.24, 2.45) is 5.92 Å². The zero-order valence-corrected chi connectivity index (χ0v) is 11.0. The molecule has 1 aliphatic rings. The number of aliphatic hydroxyl groups excluding tert-OH is 1. The SMILES string of the molecule is O=[N+]([O-])c1cc(CO)ccc1SCC1CCCC1. The fourth-order valence-electron chi connectivity index (χ4n) is 2.31. The molecular formula is C13H17NO3S. The molecule has 1 N–H and O–H groups in total. The van der Waals surface area contributed by atoms with Gasteiger partial charge in [-0.3, -0.25) is 10.1 Å². The highest BCUT2D eigenvalue weighted by molar-refractivity contribution is 7.99. The van der Waals surface area contributed by atoms with Gasteiger partial charge in [-0.2, -0.15) is 0 Å². The maximum atomic E-state index is 11.0. The van der Waals surface area contributed by atoms with Gasteiger partial charge in [-0.25, -0.2) is 0 Å². The third kappa shape index (κ3) is 3.23. The van der Waals surface area contributed by atoms with Crippen molar-refractivity contribution >= 4 is 17.4 Å². The van der Waals surface area contributed by atoms with E-state index < -0.39 is 0 Å². The molecule has 98 valence electrons. The molecule has 1 aromatic rings. The molecule has 2 rings (SSSR count). The Bertz CT molecular complexity index is 430. The van der Waals surface area contributed by atoms with Crippen LogP contribution in [-0.2, 0) is 6.61 Å². The molecule has 0 aliphatic heterocycles. The lowest BCUT2D eigenvalue weighted by atomic mass is 10.1. The number of nitrogens with zero attached hydrogens (tertiary/aromatic N) is 1. The fourth-order valence-corrected chi connectivity index (χ4v) is 3.50. The first kappa shape index (κ1) is 13.4. The standard InChI is InChI=1S/C13H17NO3S/c15-8-11-5-6-13(12(7-11)14(16)17)18-9-10-3-1-2-4-10/h5-7,10,15H,1-4,8-9H2. The normalized spacial score (nSPS) is 16.1. The summed E-state index contributed by atoms with van der Waals surface area (Å²) in [5.74, 6) is 1.66. The molecule has 1 fully saturated rings. The van der Waals surface area contributed by atoms with E-state index in [9.17, 15) is 10.1 Å². The number of benzene rings is 1. The zero-order chi connectivity index (χ0) is 13.0. The minimum Gasteiger partial charge on any atom is -0.392 e. The maximum absolute atomic E-state index is 11.0. The van der Waals surface area contributed by atoms with Crippen molar-refractivity contribution in [1.82, 2.24) is 0 Å². The van der Waals surface area contributed by atoms with Crippen LogP contribution < -0.4 is 0 Å². The largest absolute Gasteiger partial charge is 0.392 e. The van der Waals surface area contributed by atoms with Gasteiger partial charge >= 0.3 is 0 Å². The minimum atomic E-state index is -0.365. The molecular weight excluding hydrogens is 250 g/mol. The predicted octanol–water partition coefficient (Wildman–Crippen LogP) is 3.37. The smallest absolute Gasteiger partial charge is 0.283 e. The molecule has 0 atom stereocenters. The van der Waals surface area contributed by atoms with Crippen molar-refractivity contribution < 1.29 is 10.0 Å². The number of nitro groups is 1. The molecule has 4 nitrogen and oxygen atoms in total. The highest BCUT2D eigenvalue weighted by atomic mass is 32.2. The molecule has 0 aromatic heterocycles. The summed E-state index contributed by atoms with van der Waals surface area (Å²) in [4.78, 5) is 11.3. The molecule has 0 unspecified atom stereocenters. The highest BCUT2D eigenvalue weighted by Gasteiger charge is 2.19. The summed E-state index contributed by atoms with van der Waals surface area (Å²) >= 11 is 1.57. The molecule has 1 saturated carbocycles. The van der Waals surface area contributed by atoms with Crippen LogP contribution >= 0.6 is 11.8 Å². The Morgan fingerprint density at radius 1 is 1.39 bits per heavy atom. The van der Waals surface area contributed by atoms with Crippen molar-refractivity contribution in [3.05, 3.63) is 33.9 Å². The molecule has 0 heterocycles. The molecule has 1 aliphatic carbocycles. The molecule has 18 heavy (non-hydrogen) atoms. The van der Waals surface area contributed by atoms with Crippen LogP contribution in [0.1, 0.15) is 31.2 Å². The molecule has 0 spiro atoms. The lowest BCUT2D eigenvalue weighted by molar-refractivity contribution is -0.387. The van der Waals surface area contributed by atoms with E-state index in [1.54, 1.807) is 23.9 Å². The van der Waals surface area contributed by atoms with E-state index in [1.807, 2.05) is 0 Å². The van der Waals surface area contributed by atoms with Gasteiger partial charge in [0.25, 0.3) is 5.69 Å². The van der Waals surface area contributed by atoms with E-state index in [1.165, 1.54) is 31.7 Å². The van der Waals surface area contributed by atoms with Gasteiger partial charge in [-0.1, -0.05) is 18.9 Å². The van der Waals surface area contributed by atoms with Crippen molar-refractivity contribution in [1.29, 1.82) is 0 Å². The number of aliphatic hydroxyl groups is 1. The zero-order valence-electron chi connectivity index (χ0n) is 10.2. The van der Waals surface area contributed by atoms with Crippen LogP contribution in [-0.4, -0.2) is 15.8 Å². The number of hydrogen-bond acceptors (Lipinski definition) is 4. The summed E-state index contributed by atoms with van der Waals surface area (Å²) in [6.45, 7) is -0.158. The van der Waals surface area contributed by atoms with Gasteiger partial charge in [0.1, 0.15) is 0 Å². The van der Waals surface area contributed by atoms with Crippen LogP contribution in [0.3, 0.4) is 0 Å². The van der Waals surface area contributed by atoms with Gasteiger partial charge in [-0.15, -0.1) is 11.8 Å². The average Bonchev–Trinajstić information content (AvgIpc) is 2.89. The summed E-state index contributed by atoms with van der Waals surface area (Å²) in [5.41, 5.74) is 0.705. The molecule has 0 radical (unpaired) electrons. The molecule has 1 aromatic carbocycles. The Balaban J connectivity index is 2.08. The van der Waals surface area contributed by atoms with E-state index >= 15 is 0 Å². The second-order valence-electron chi connectivity index (χ2n) is 4.68. The molecule has 0 bridgehead atoms. The van der Waals surface area contributed by atoms with Crippen LogP contribution in [0.15, 0.2) is 23.1 Å². The average molecular weight is 267 g/mol. The Labute approximate surface area is 111 Å². The fraction of sp³-hybridized carbons (Fsp3) is 0.538. The van der Waals surface area contributed by atoms with Crippen molar-refractivity contribution in [2.45, 2.75) is 37.2 Å². The van der Waals surface area contributed by atoms with Crippen LogP contribution in [0, 0.1) is 16.0 Å². The van der Waals surface area contributed by atoms with Gasteiger partial charge in [0.15, 0.2) is 0 Å². The van der Waals surface area contributed by atoms with Crippen molar-refractivity contribution in [3.8, 4) is 0 Å². The van der Waals surface area contributed by atoms with E-state index in [2.05, 4.69) is 0 Å². The first-order valence-electron chi connectivity index (χ1n) is 6.21. The van der Waals surface area contributed by atoms with Crippen LogP contribution in [0.4, 0.5) is 5.69 Å². The predicted molar refractivity (Wildman–Crippen MR) is 71.7 cm³/mol. The van der Waals surface area contributed by atoms with Gasteiger partial charge in [0, 0.05) is 11.8 Å². The summed E-state index contributed by atoms with van der Waals surface area (Å²) in [6.07, 6.45) is 5.07. The van der Waals surface area contributed by atoms with E-state index in [4.69, 9.17) is 5.11 Å². The van der Waals surface area contributed by atoms with Gasteiger partial charge in [-0.05, 0) is 30.4 Å². The quantitative estimate of drug-likeness (QED) is 0.504. The van der Waals surface area contributed by atoms with Crippen molar-refractivity contribution in [2.75, 3.05) is 5.75 Å². The Morgan fingerprint density at radius 2 is 2.11 bits per heavy atom. The lowest BCUT2D eigenvalue weighted by Gasteiger charge is -2.09. The Hall–Kier alpha value is -1.07. The van der Waals surface area contributed by atoms with E-state index in [-0.39, 0.29) is 17.2 Å². The number of nitro benzene ring substituents is 1. The Kier molecular flexibility index (Phi) is 4.60. The first-order chi connectivity index (χ1) is 8.70. The van der Waals surface area contributed by atoms with Gasteiger partial charge < -0.3 is 5.11 Å². The van der Waals surface area contributed by atoms with E-state index in [0.717, 1.165) is 5.75 Å². The first-order valence-corrected chi connectivity index (χ1v) is 7.20. The third-order valence-corrected chi connectivity index (χ3v) is 4.65. The summed E-state index contributed by atoms with van der Waals surface area (Å²) in [6, 6.07) is 4.98. The second-order valence-corrected chi connectivity index (χ2v) is 5.74. The van der Waals surface area contributed by atoms with Crippen LogP contribution in [0.25, 0.3) is 0 Å². The monoisotopic (exact) mass is 267 g/mol. The molecule has 0 amide bonds. The molecule has 5 heteroatoms. The van der Waals surface area contributed by atoms with E-state index in [0.29, 0.717) is 16.4 Å².